The third-order valence-electron chi connectivity index (χ3n) is 5.91. The third-order valence-corrected chi connectivity index (χ3v) is 5.91. The predicted molar refractivity (Wildman–Crippen MR) is 111 cm³/mol. The van der Waals surface area contributed by atoms with E-state index in [-0.39, 0.29) is 41.8 Å². The van der Waals surface area contributed by atoms with Gasteiger partial charge in [0.15, 0.2) is 17.3 Å². The van der Waals surface area contributed by atoms with Crippen LogP contribution in [0.4, 0.5) is 30.8 Å². The average molecular weight is 449 g/mol. The number of fused-ring (bicyclic) bond motifs is 1. The maximum absolute atomic E-state index is 14.3. The molecular weight excluding hydrogens is 425 g/mol. The Morgan fingerprint density at radius 2 is 1.84 bits per heavy atom. The number of ether oxygens (including phenoxy) is 1. The Morgan fingerprint density at radius 1 is 1.09 bits per heavy atom. The molecule has 0 spiro atoms. The van der Waals surface area contributed by atoms with E-state index in [4.69, 9.17) is 6.11 Å². The fraction of sp³-hybridized carbons (Fsp3) is 0.476. The van der Waals surface area contributed by atoms with E-state index in [1.807, 2.05) is 0 Å². The summed E-state index contributed by atoms with van der Waals surface area (Å²) in [5, 5.41) is 15.6. The number of aliphatic hydroxyl groups is 1. The molecule has 2 aliphatic rings. The number of benzene rings is 1. The number of anilines is 3. The lowest BCUT2D eigenvalue weighted by Crippen LogP contribution is -2.29. The molecule has 32 heavy (non-hydrogen) atoms. The summed E-state index contributed by atoms with van der Waals surface area (Å²) >= 11 is 0. The normalized spacial score (nSPS) is 24.0. The van der Waals surface area contributed by atoms with Crippen molar-refractivity contribution in [3.05, 3.63) is 35.8 Å². The molecule has 1 aliphatic carbocycles. The molecule has 1 saturated carbocycles. The van der Waals surface area contributed by atoms with Gasteiger partial charge in [0.25, 0.3) is 0 Å². The molecule has 5 rings (SSSR count). The molecule has 0 amide bonds. The number of imidazole rings is 1. The van der Waals surface area contributed by atoms with Crippen molar-refractivity contribution < 1.29 is 24.4 Å². The molecule has 1 saturated heterocycles. The van der Waals surface area contributed by atoms with Crippen molar-refractivity contribution in [1.29, 1.82) is 0 Å². The Morgan fingerprint density at radius 3 is 2.53 bits per heavy atom. The number of nitrogens with one attached hydrogen (secondary N) is 2. The van der Waals surface area contributed by atoms with Crippen LogP contribution in [0.1, 0.15) is 39.5 Å². The molecule has 1 aromatic carbocycles. The number of nitrogens with zero attached hydrogens (tertiary/aromatic N) is 4. The number of hydrogen-bond acceptors (Lipinski definition) is 7. The summed E-state index contributed by atoms with van der Waals surface area (Å²) in [4.78, 5) is 13.1. The van der Waals surface area contributed by atoms with Gasteiger partial charge < -0.3 is 20.5 Å². The summed E-state index contributed by atoms with van der Waals surface area (Å²) in [6.07, 6.45) is 3.03. The van der Waals surface area contributed by atoms with Gasteiger partial charge in [0.1, 0.15) is 17.0 Å². The minimum atomic E-state index is -1.10. The van der Waals surface area contributed by atoms with Crippen LogP contribution in [0, 0.1) is 17.5 Å². The topological polar surface area (TPSA) is 97.1 Å². The van der Waals surface area contributed by atoms with Crippen molar-refractivity contribution >= 4 is 28.7 Å². The molecule has 170 valence electrons. The smallest absolute Gasteiger partial charge is 0.224 e. The Kier molecular flexibility index (Phi) is 5.27. The Bertz CT molecular complexity index is 1160. The number of aliphatic hydroxyl groups excluding tert-OH is 1. The van der Waals surface area contributed by atoms with Gasteiger partial charge in [0.2, 0.25) is 11.9 Å². The van der Waals surface area contributed by atoms with Gasteiger partial charge in [-0.3, -0.25) is 4.57 Å². The number of hydrogen-bond donors (Lipinski definition) is 3. The second kappa shape index (κ2) is 8.55. The minimum absolute atomic E-state index is 0.0608. The van der Waals surface area contributed by atoms with Crippen LogP contribution < -0.4 is 10.6 Å². The highest BCUT2D eigenvalue weighted by Gasteiger charge is 2.27. The van der Waals surface area contributed by atoms with Gasteiger partial charge in [-0.15, -0.1) is 0 Å². The van der Waals surface area contributed by atoms with E-state index in [2.05, 4.69) is 25.6 Å². The minimum Gasteiger partial charge on any atom is -0.393 e. The molecule has 8 nitrogen and oxygen atoms in total. The van der Waals surface area contributed by atoms with Crippen molar-refractivity contribution in [2.24, 2.45) is 0 Å². The van der Waals surface area contributed by atoms with Crippen molar-refractivity contribution in [2.75, 3.05) is 23.8 Å². The maximum Gasteiger partial charge on any atom is 0.224 e. The third kappa shape index (κ3) is 4.09. The van der Waals surface area contributed by atoms with E-state index in [0.717, 1.165) is 12.8 Å². The van der Waals surface area contributed by atoms with Gasteiger partial charge in [-0.1, -0.05) is 0 Å². The lowest BCUT2D eigenvalue weighted by atomic mass is 9.93. The number of halogens is 3. The van der Waals surface area contributed by atoms with Crippen molar-refractivity contribution in [3.8, 4) is 0 Å². The van der Waals surface area contributed by atoms with Gasteiger partial charge in [0.05, 0.1) is 26.3 Å². The van der Waals surface area contributed by atoms with Crippen LogP contribution in [0.3, 0.4) is 0 Å². The van der Waals surface area contributed by atoms with Gasteiger partial charge in [-0.2, -0.15) is 4.98 Å². The fourth-order valence-corrected chi connectivity index (χ4v) is 4.24. The summed E-state index contributed by atoms with van der Waals surface area (Å²) in [7, 11) is 0. The van der Waals surface area contributed by atoms with Crippen LogP contribution in [-0.4, -0.2) is 50.0 Å². The second-order valence-electron chi connectivity index (χ2n) is 8.17. The SMILES string of the molecule is [2H]c1nc(NC2CCC(O)CC2)nc2c1nc(Nc1c(F)cc(F)cc1F)n2C1CCOC1. The zero-order valence-corrected chi connectivity index (χ0v) is 17.1. The molecule has 3 heterocycles. The monoisotopic (exact) mass is 449 g/mol. The molecule has 0 bridgehead atoms. The highest BCUT2D eigenvalue weighted by Crippen LogP contribution is 2.32. The van der Waals surface area contributed by atoms with Gasteiger partial charge in [0, 0.05) is 24.8 Å². The highest BCUT2D eigenvalue weighted by molar-refractivity contribution is 5.76. The Balaban J connectivity index is 1.55. The molecule has 3 aromatic rings. The first-order chi connectivity index (χ1) is 15.9. The maximum atomic E-state index is 14.3. The predicted octanol–water partition coefficient (Wildman–Crippen LogP) is 3.66. The molecule has 2 fully saturated rings. The van der Waals surface area contributed by atoms with E-state index in [1.54, 1.807) is 4.57 Å². The summed E-state index contributed by atoms with van der Waals surface area (Å²) in [6, 6.07) is 0.999. The first-order valence-corrected chi connectivity index (χ1v) is 10.6. The van der Waals surface area contributed by atoms with Crippen LogP contribution in [0.2, 0.25) is 0 Å². The second-order valence-corrected chi connectivity index (χ2v) is 8.17. The van der Waals surface area contributed by atoms with Crippen LogP contribution in [0.25, 0.3) is 11.2 Å². The van der Waals surface area contributed by atoms with Crippen molar-refractivity contribution in [3.63, 3.8) is 0 Å². The summed E-state index contributed by atoms with van der Waals surface area (Å²) in [5.41, 5.74) is -0.0586. The van der Waals surface area contributed by atoms with Crippen LogP contribution in [0.5, 0.6) is 0 Å². The van der Waals surface area contributed by atoms with E-state index < -0.39 is 23.1 Å². The van der Waals surface area contributed by atoms with Gasteiger partial charge in [-0.05, 0) is 32.1 Å². The number of aromatic nitrogens is 4. The molecule has 3 N–H and O–H groups in total. The standard InChI is InChI=1S/C21H23F3N6O2/c22-11-7-15(23)18(16(24)8-11)28-21-27-17-9-25-20(26-12-1-3-14(31)4-2-12)29-19(17)30(21)13-5-6-32-10-13/h7-9,12-14,31H,1-6,10H2,(H,27,28)(H,25,26,29)/i9D. The molecular formula is C21H23F3N6O2. The summed E-state index contributed by atoms with van der Waals surface area (Å²) < 4.78 is 57.4. The van der Waals surface area contributed by atoms with Gasteiger partial charge in [-0.25, -0.2) is 23.1 Å². The van der Waals surface area contributed by atoms with E-state index >= 15 is 0 Å². The van der Waals surface area contributed by atoms with E-state index in [9.17, 15) is 18.3 Å². The quantitative estimate of drug-likeness (QED) is 0.547. The van der Waals surface area contributed by atoms with Crippen LogP contribution >= 0.6 is 0 Å². The average Bonchev–Trinajstić information content (AvgIpc) is 3.40. The zero-order valence-electron chi connectivity index (χ0n) is 18.1. The lowest BCUT2D eigenvalue weighted by molar-refractivity contribution is 0.126. The summed E-state index contributed by atoms with van der Waals surface area (Å²) in [6.45, 7) is 0.840. The van der Waals surface area contributed by atoms with Gasteiger partial charge >= 0.3 is 0 Å². The van der Waals surface area contributed by atoms with E-state index in [0.29, 0.717) is 50.3 Å². The molecule has 1 atom stereocenters. The highest BCUT2D eigenvalue weighted by atomic mass is 19.1. The molecule has 1 aliphatic heterocycles. The van der Waals surface area contributed by atoms with Crippen LogP contribution in [-0.2, 0) is 4.74 Å². The first-order valence-electron chi connectivity index (χ1n) is 11.1. The Hall–Kier alpha value is -2.92. The molecule has 11 heteroatoms. The fourth-order valence-electron chi connectivity index (χ4n) is 4.24. The van der Waals surface area contributed by atoms with Crippen molar-refractivity contribution in [2.45, 2.75) is 50.3 Å². The zero-order chi connectivity index (χ0) is 23.1. The number of rotatable bonds is 5. The molecule has 2 aromatic heterocycles. The van der Waals surface area contributed by atoms with E-state index in [1.165, 1.54) is 0 Å². The largest absolute Gasteiger partial charge is 0.393 e. The molecule has 1 unspecified atom stereocenters. The van der Waals surface area contributed by atoms with Crippen molar-refractivity contribution in [1.82, 2.24) is 19.5 Å². The molecule has 0 radical (unpaired) electrons. The summed E-state index contributed by atoms with van der Waals surface area (Å²) in [5.74, 6) is -2.93. The first kappa shape index (κ1) is 19.7. The lowest BCUT2D eigenvalue weighted by Gasteiger charge is -2.26. The van der Waals surface area contributed by atoms with Crippen LogP contribution in [0.15, 0.2) is 18.3 Å². The Labute approximate surface area is 183 Å².